The molecule has 0 fully saturated rings. The number of anilines is 3. The summed E-state index contributed by atoms with van der Waals surface area (Å²) in [6.07, 6.45) is 0. The molecular formula is C45H42N2. The Hall–Kier alpha value is -5.08. The molecule has 0 radical (unpaired) electrons. The highest BCUT2D eigenvalue weighted by molar-refractivity contribution is 6.09. The van der Waals surface area contributed by atoms with Gasteiger partial charge in [-0.05, 0) is 93.1 Å². The van der Waals surface area contributed by atoms with E-state index in [1.807, 2.05) is 0 Å². The fourth-order valence-corrected chi connectivity index (χ4v) is 8.06. The van der Waals surface area contributed by atoms with Gasteiger partial charge in [0.05, 0.1) is 11.0 Å². The Morgan fingerprint density at radius 3 is 1.51 bits per heavy atom. The van der Waals surface area contributed by atoms with Gasteiger partial charge in [0.2, 0.25) is 0 Å². The third-order valence-corrected chi connectivity index (χ3v) is 11.9. The maximum absolute atomic E-state index is 2.48. The molecule has 8 rings (SSSR count). The molecule has 47 heavy (non-hydrogen) atoms. The lowest BCUT2D eigenvalue weighted by Crippen LogP contribution is -2.42. The predicted molar refractivity (Wildman–Crippen MR) is 201 cm³/mol. The summed E-state index contributed by atoms with van der Waals surface area (Å²) in [5, 5.41) is 2.53. The third kappa shape index (κ3) is 4.31. The van der Waals surface area contributed by atoms with E-state index < -0.39 is 0 Å². The molecule has 0 spiro atoms. The Morgan fingerprint density at radius 2 is 0.936 bits per heavy atom. The van der Waals surface area contributed by atoms with E-state index in [0.717, 1.165) is 22.7 Å². The maximum atomic E-state index is 2.48. The Labute approximate surface area is 278 Å². The molecule has 1 aliphatic rings. The molecule has 0 N–H and O–H groups in total. The lowest BCUT2D eigenvalue weighted by molar-refractivity contribution is 0.125. The van der Waals surface area contributed by atoms with Crippen LogP contribution in [0, 0.1) is 5.41 Å². The van der Waals surface area contributed by atoms with Gasteiger partial charge in [0.1, 0.15) is 0 Å². The lowest BCUT2D eigenvalue weighted by Gasteiger charge is -2.44. The molecule has 0 bridgehead atoms. The summed E-state index contributed by atoms with van der Waals surface area (Å²) in [4.78, 5) is 2.38. The van der Waals surface area contributed by atoms with Gasteiger partial charge in [-0.1, -0.05) is 133 Å². The van der Waals surface area contributed by atoms with Crippen molar-refractivity contribution in [3.63, 3.8) is 0 Å². The molecule has 0 unspecified atom stereocenters. The molecule has 0 aliphatic heterocycles. The summed E-state index contributed by atoms with van der Waals surface area (Å²) < 4.78 is 2.44. The third-order valence-electron chi connectivity index (χ3n) is 11.9. The van der Waals surface area contributed by atoms with Gasteiger partial charge in [0, 0.05) is 33.5 Å². The Bertz CT molecular complexity index is 2180. The van der Waals surface area contributed by atoms with Crippen LogP contribution in [-0.4, -0.2) is 4.57 Å². The van der Waals surface area contributed by atoms with Crippen molar-refractivity contribution in [1.29, 1.82) is 0 Å². The Morgan fingerprint density at radius 1 is 0.426 bits per heavy atom. The Kier molecular flexibility index (Phi) is 6.53. The van der Waals surface area contributed by atoms with Crippen LogP contribution in [0.5, 0.6) is 0 Å². The predicted octanol–water partition coefficient (Wildman–Crippen LogP) is 12.5. The van der Waals surface area contributed by atoms with Gasteiger partial charge in [-0.15, -0.1) is 0 Å². The molecule has 1 heterocycles. The number of para-hydroxylation sites is 4. The van der Waals surface area contributed by atoms with E-state index in [9.17, 15) is 0 Å². The monoisotopic (exact) mass is 610 g/mol. The van der Waals surface area contributed by atoms with Crippen molar-refractivity contribution >= 4 is 38.9 Å². The number of rotatable bonds is 5. The average Bonchev–Trinajstić information content (AvgIpc) is 3.47. The number of aromatic nitrogens is 1. The second kappa shape index (κ2) is 10.5. The van der Waals surface area contributed by atoms with Crippen molar-refractivity contribution in [3.05, 3.63) is 157 Å². The normalized spacial score (nSPS) is 16.0. The van der Waals surface area contributed by atoms with Crippen LogP contribution in [-0.2, 0) is 10.8 Å². The van der Waals surface area contributed by atoms with Gasteiger partial charge < -0.3 is 9.47 Å². The summed E-state index contributed by atoms with van der Waals surface area (Å²) in [5.74, 6) is 0. The van der Waals surface area contributed by atoms with Crippen molar-refractivity contribution in [2.24, 2.45) is 5.41 Å². The highest BCUT2D eigenvalue weighted by atomic mass is 15.1. The molecule has 1 aromatic heterocycles. The van der Waals surface area contributed by atoms with Gasteiger partial charge >= 0.3 is 0 Å². The van der Waals surface area contributed by atoms with Crippen LogP contribution >= 0.6 is 0 Å². The molecule has 2 heteroatoms. The summed E-state index contributed by atoms with van der Waals surface area (Å²) in [6.45, 7) is 14.6. The van der Waals surface area contributed by atoms with Crippen LogP contribution < -0.4 is 4.90 Å². The largest absolute Gasteiger partial charge is 0.310 e. The molecule has 0 saturated heterocycles. The van der Waals surface area contributed by atoms with Crippen LogP contribution in [0.25, 0.3) is 38.6 Å². The van der Waals surface area contributed by atoms with E-state index in [-0.39, 0.29) is 16.2 Å². The van der Waals surface area contributed by atoms with Crippen molar-refractivity contribution in [3.8, 4) is 16.8 Å². The van der Waals surface area contributed by atoms with E-state index in [1.165, 1.54) is 44.1 Å². The van der Waals surface area contributed by atoms with E-state index in [2.05, 4.69) is 197 Å². The number of hydrogen-bond donors (Lipinski definition) is 0. The maximum Gasteiger partial charge on any atom is 0.0541 e. The van der Waals surface area contributed by atoms with Crippen LogP contribution in [0.2, 0.25) is 0 Å². The smallest absolute Gasteiger partial charge is 0.0541 e. The standard InChI is InChI=1S/C45H42N2/c1-43(2)39-26-25-31(29-40(39)44(3,4)45(43,5)6)32-27-35(46(33-17-9-7-10-18-33)34-19-11-8-12-20-34)30-36(28-32)47-41-23-15-13-21-37(41)38-22-14-16-24-42(38)47/h7-30H,1-6H3. The highest BCUT2D eigenvalue weighted by Crippen LogP contribution is 2.61. The zero-order valence-corrected chi connectivity index (χ0v) is 28.3. The van der Waals surface area contributed by atoms with Crippen molar-refractivity contribution < 1.29 is 0 Å². The van der Waals surface area contributed by atoms with Crippen LogP contribution in [0.4, 0.5) is 17.1 Å². The number of benzene rings is 6. The minimum atomic E-state index is 0.0230. The summed E-state index contributed by atoms with van der Waals surface area (Å²) in [7, 11) is 0. The van der Waals surface area contributed by atoms with Crippen molar-refractivity contribution in [2.45, 2.75) is 52.4 Å². The molecule has 7 aromatic rings. The highest BCUT2D eigenvalue weighted by Gasteiger charge is 2.56. The minimum absolute atomic E-state index is 0.0230. The summed E-state index contributed by atoms with van der Waals surface area (Å²) >= 11 is 0. The number of hydrogen-bond acceptors (Lipinski definition) is 1. The average molecular weight is 611 g/mol. The second-order valence-corrected chi connectivity index (χ2v) is 14.7. The van der Waals surface area contributed by atoms with Crippen molar-refractivity contribution in [2.75, 3.05) is 4.90 Å². The van der Waals surface area contributed by atoms with E-state index in [1.54, 1.807) is 0 Å². The van der Waals surface area contributed by atoms with Gasteiger partial charge in [0.15, 0.2) is 0 Å². The van der Waals surface area contributed by atoms with Crippen LogP contribution in [0.3, 0.4) is 0 Å². The quantitative estimate of drug-likeness (QED) is 0.188. The fraction of sp³-hybridized carbons (Fsp3) is 0.200. The zero-order chi connectivity index (χ0) is 32.6. The van der Waals surface area contributed by atoms with Gasteiger partial charge in [0.25, 0.3) is 0 Å². The minimum Gasteiger partial charge on any atom is -0.310 e. The lowest BCUT2D eigenvalue weighted by atomic mass is 9.59. The summed E-state index contributed by atoms with van der Waals surface area (Å²) in [6, 6.07) is 53.3. The molecule has 1 aliphatic carbocycles. The molecule has 6 aromatic carbocycles. The Balaban J connectivity index is 1.43. The van der Waals surface area contributed by atoms with E-state index in [4.69, 9.17) is 0 Å². The van der Waals surface area contributed by atoms with E-state index in [0.29, 0.717) is 0 Å². The molecule has 0 saturated carbocycles. The molecule has 0 atom stereocenters. The number of fused-ring (bicyclic) bond motifs is 4. The second-order valence-electron chi connectivity index (χ2n) is 14.7. The molecule has 232 valence electrons. The fourth-order valence-electron chi connectivity index (χ4n) is 8.06. The topological polar surface area (TPSA) is 8.17 Å². The van der Waals surface area contributed by atoms with Crippen LogP contribution in [0.15, 0.2) is 146 Å². The zero-order valence-electron chi connectivity index (χ0n) is 28.3. The molecule has 0 amide bonds. The van der Waals surface area contributed by atoms with Gasteiger partial charge in [-0.2, -0.15) is 0 Å². The summed E-state index contributed by atoms with van der Waals surface area (Å²) in [5.41, 5.74) is 12.5. The van der Waals surface area contributed by atoms with Gasteiger partial charge in [-0.25, -0.2) is 0 Å². The first kappa shape index (κ1) is 29.3. The molecular weight excluding hydrogens is 569 g/mol. The number of nitrogens with zero attached hydrogens (tertiary/aromatic N) is 2. The SMILES string of the molecule is CC1(C)c2ccc(-c3cc(N(c4ccccc4)c4ccccc4)cc(-n4c5ccccc5c5ccccc54)c3)cc2C(C)(C)C1(C)C. The first-order chi connectivity index (χ1) is 22.6. The van der Waals surface area contributed by atoms with Crippen molar-refractivity contribution in [1.82, 2.24) is 4.57 Å². The first-order valence-corrected chi connectivity index (χ1v) is 16.8. The van der Waals surface area contributed by atoms with Gasteiger partial charge in [-0.3, -0.25) is 0 Å². The molecule has 2 nitrogen and oxygen atoms in total. The van der Waals surface area contributed by atoms with E-state index >= 15 is 0 Å². The van der Waals surface area contributed by atoms with Crippen LogP contribution in [0.1, 0.15) is 52.7 Å². The first-order valence-electron chi connectivity index (χ1n) is 16.8.